The van der Waals surface area contributed by atoms with Crippen molar-refractivity contribution in [2.24, 2.45) is 40.4 Å². The first-order valence-corrected chi connectivity index (χ1v) is 34.2. The van der Waals surface area contributed by atoms with Crippen LogP contribution in [0.1, 0.15) is 113 Å². The van der Waals surface area contributed by atoms with Crippen LogP contribution in [0.2, 0.25) is 0 Å². The average Bonchev–Trinajstić information content (AvgIpc) is 1.34. The minimum Gasteiger partial charge on any atom is -0.394 e. The second kappa shape index (κ2) is 29.3. The number of carbonyl (C=O) groups excluding carboxylic acids is 1. The molecule has 0 bridgehead atoms. The third-order valence-electron chi connectivity index (χ3n) is 22.1. The molecule has 94 heavy (non-hydrogen) atoms. The Balaban J connectivity index is 0.904. The molecule has 3 unspecified atom stereocenters. The fraction of sp³-hybridized carbons (Fsp3) is 0.951. The predicted molar refractivity (Wildman–Crippen MR) is 312 cm³/mol. The molecule has 0 aromatic rings. The second-order valence-corrected chi connectivity index (χ2v) is 30.0. The van der Waals surface area contributed by atoms with E-state index in [-0.39, 0.29) is 48.7 Å². The lowest BCUT2D eigenvalue weighted by atomic mass is 9.47. The summed E-state index contributed by atoms with van der Waals surface area (Å²) in [6, 6.07) is 0. The third kappa shape index (κ3) is 14.8. The van der Waals surface area contributed by atoms with Crippen molar-refractivity contribution in [1.82, 2.24) is 0 Å². The van der Waals surface area contributed by atoms with Crippen molar-refractivity contribution in [3.63, 3.8) is 0 Å². The monoisotopic (exact) mass is 1380 g/mol. The van der Waals surface area contributed by atoms with Gasteiger partial charge in [-0.2, -0.15) is 8.42 Å². The summed E-state index contributed by atoms with van der Waals surface area (Å²) in [4.78, 5) is 13.3. The van der Waals surface area contributed by atoms with E-state index >= 15 is 0 Å². The van der Waals surface area contributed by atoms with Gasteiger partial charge in [-0.3, -0.25) is 9.35 Å². The molecule has 542 valence electrons. The minimum absolute atomic E-state index is 0.00397. The molecule has 6 saturated heterocycles. The number of aliphatic hydroxyl groups excluding tert-OH is 14. The highest BCUT2D eigenvalue weighted by Gasteiger charge is 2.64. The van der Waals surface area contributed by atoms with E-state index in [1.807, 2.05) is 13.8 Å². The fourth-order valence-corrected chi connectivity index (χ4v) is 17.6. The van der Waals surface area contributed by atoms with E-state index in [0.29, 0.717) is 38.5 Å². The van der Waals surface area contributed by atoms with Crippen LogP contribution in [0, 0.1) is 40.4 Å². The number of hydrogen-bond donors (Lipinski definition) is 16. The van der Waals surface area contributed by atoms with E-state index in [1.54, 1.807) is 6.92 Å². The van der Waals surface area contributed by atoms with E-state index in [2.05, 4.69) is 19.9 Å². The van der Waals surface area contributed by atoms with Crippen molar-refractivity contribution in [3.05, 3.63) is 11.6 Å². The molecule has 4 aliphatic carbocycles. The van der Waals surface area contributed by atoms with Crippen molar-refractivity contribution in [3.8, 4) is 0 Å². The maximum atomic E-state index is 13.3. The van der Waals surface area contributed by atoms with Crippen LogP contribution >= 0.6 is 0 Å². The standard InChI is InChI=1S/C61H100O32S/c1-22(2)15-26(64)18-61(8,77)36-10-9-29-28-17-32(31-16-27(93-94(78,79)80)11-13-59(31,6)30(28)12-14-60(29,36)7)85-55-47(75)50(39(67)24(4)83-55)90-57-51(91-53-46(74)43(71)37(65)23(3)82-53)42(70)35(21-81-57)88-58-52(44(72)40(68)33(19-62)87-58)92-56-48(76)49(38(66)25(5)84-56)89-54-45(73)41(69)34(20-63)86-54/h12,22-25,27-29,31-58,62-63,65-77H,9-11,13-21H2,1-8H3,(H,78,79,80)/t23-,24-,25-,27-,28?,29?,31?,32+,33-,34-,35-,36+,37-,38+,39-,40+,41-,42+,43+,44+,45+,46-,47-,48-,49+,50+,51-,52-,53+,54+,55+,56+,57+,58+,59-,60+,61-/m1/s1. The molecule has 37 atom stereocenters. The molecule has 6 heterocycles. The number of rotatable bonds is 21. The van der Waals surface area contributed by atoms with Gasteiger partial charge in [0.25, 0.3) is 0 Å². The normalized spacial score (nSPS) is 51.5. The van der Waals surface area contributed by atoms with Gasteiger partial charge in [0, 0.05) is 12.8 Å². The highest BCUT2D eigenvalue weighted by molar-refractivity contribution is 7.80. The van der Waals surface area contributed by atoms with Crippen LogP contribution in [-0.2, 0) is 76.2 Å². The maximum absolute atomic E-state index is 13.3. The van der Waals surface area contributed by atoms with Crippen LogP contribution in [0.15, 0.2) is 11.6 Å². The van der Waals surface area contributed by atoms with Gasteiger partial charge in [0.1, 0.15) is 122 Å². The molecule has 9 fully saturated rings. The molecular formula is C61H100O32S. The summed E-state index contributed by atoms with van der Waals surface area (Å²) in [6.45, 7) is 11.6. The molecule has 10 rings (SSSR count). The molecule has 3 saturated carbocycles. The van der Waals surface area contributed by atoms with E-state index in [4.69, 9.17) is 61.0 Å². The summed E-state index contributed by atoms with van der Waals surface area (Å²) >= 11 is 0. The molecule has 0 aromatic carbocycles. The number of aliphatic hydroxyl groups is 15. The van der Waals surface area contributed by atoms with E-state index < -0.39 is 237 Å². The molecule has 6 aliphatic heterocycles. The maximum Gasteiger partial charge on any atom is 0.397 e. The van der Waals surface area contributed by atoms with Gasteiger partial charge < -0.3 is 133 Å². The first-order valence-electron chi connectivity index (χ1n) is 32.8. The Labute approximate surface area is 544 Å². The molecular weight excluding hydrogens is 1280 g/mol. The number of carbonyl (C=O) groups is 1. The summed E-state index contributed by atoms with van der Waals surface area (Å²) in [7, 11) is -4.91. The van der Waals surface area contributed by atoms with Crippen LogP contribution in [0.25, 0.3) is 0 Å². The van der Waals surface area contributed by atoms with Crippen LogP contribution in [0.4, 0.5) is 0 Å². The van der Waals surface area contributed by atoms with Gasteiger partial charge in [0.15, 0.2) is 37.7 Å². The molecule has 0 aromatic heterocycles. The van der Waals surface area contributed by atoms with Crippen molar-refractivity contribution in [1.29, 1.82) is 0 Å². The van der Waals surface area contributed by atoms with Crippen LogP contribution in [-0.4, -0.2) is 305 Å². The zero-order chi connectivity index (χ0) is 68.7. The van der Waals surface area contributed by atoms with Gasteiger partial charge in [-0.1, -0.05) is 39.3 Å². The lowest BCUT2D eigenvalue weighted by Gasteiger charge is -2.60. The van der Waals surface area contributed by atoms with Crippen LogP contribution in [0.3, 0.4) is 0 Å². The van der Waals surface area contributed by atoms with Crippen LogP contribution < -0.4 is 0 Å². The molecule has 33 heteroatoms. The smallest absolute Gasteiger partial charge is 0.394 e. The summed E-state index contributed by atoms with van der Waals surface area (Å²) < 4.78 is 112. The second-order valence-electron chi connectivity index (χ2n) is 29.0. The van der Waals surface area contributed by atoms with Gasteiger partial charge in [-0.15, -0.1) is 0 Å². The van der Waals surface area contributed by atoms with E-state index in [0.717, 1.165) is 5.57 Å². The number of fused-ring (bicyclic) bond motifs is 5. The van der Waals surface area contributed by atoms with Gasteiger partial charge in [-0.25, -0.2) is 4.18 Å². The highest BCUT2D eigenvalue weighted by Crippen LogP contribution is 2.67. The van der Waals surface area contributed by atoms with Gasteiger partial charge in [0.2, 0.25) is 0 Å². The SMILES string of the molecule is CC(C)CC(=O)C[C@@](C)(O)[C@H]1CCC2C3C[C@H](O[C@@H]4O[C@H](C)[C@@H](O)[C@H](O[C@@H]5OC[C@@H](O[C@@H]6O[C@H](CO)[C@H](O)[C@H](O)[C@H]6O[C@@H]6O[C@H](C)[C@H](O)[C@H](O[C@@H]7O[C@H](CO)[C@@H](O)[C@@H]7O)[C@H]6O)[C@H](O)[C@H]5O[C@@H]5O[C@H](C)[C@@H](O)[C@H](O)[C@H]5O)[C@H]4O)C4C[C@H](OS(=O)(=O)O)CC[C@]4(C)C3=CC[C@@]21C. The predicted octanol–water partition coefficient (Wildman–Crippen LogP) is -4.21. The van der Waals surface area contributed by atoms with Crippen molar-refractivity contribution in [2.45, 2.75) is 303 Å². The Morgan fingerprint density at radius 1 is 0.585 bits per heavy atom. The van der Waals surface area contributed by atoms with Crippen molar-refractivity contribution in [2.75, 3.05) is 19.8 Å². The summed E-state index contributed by atoms with van der Waals surface area (Å²) in [6.07, 6.45) is -45.2. The number of allylic oxidation sites excluding steroid dienone is 2. The third-order valence-corrected chi connectivity index (χ3v) is 22.6. The van der Waals surface area contributed by atoms with E-state index in [9.17, 15) is 94.4 Å². The first-order chi connectivity index (χ1) is 44.0. The molecule has 32 nitrogen and oxygen atoms in total. The minimum atomic E-state index is -4.91. The van der Waals surface area contributed by atoms with Crippen LogP contribution in [0.5, 0.6) is 0 Å². The van der Waals surface area contributed by atoms with Gasteiger partial charge >= 0.3 is 10.4 Å². The quantitative estimate of drug-likeness (QED) is 0.0383. The Bertz CT molecular complexity index is 2700. The zero-order valence-electron chi connectivity index (χ0n) is 53.9. The highest BCUT2D eigenvalue weighted by atomic mass is 32.3. The summed E-state index contributed by atoms with van der Waals surface area (Å²) in [5, 5.41) is 168. The Morgan fingerprint density at radius 2 is 1.09 bits per heavy atom. The number of ether oxygens (including phenoxy) is 12. The zero-order valence-corrected chi connectivity index (χ0v) is 54.7. The lowest BCUT2D eigenvalue weighted by Crippen LogP contribution is -2.67. The summed E-state index contributed by atoms with van der Waals surface area (Å²) in [5.41, 5.74) is -1.34. The van der Waals surface area contributed by atoms with Gasteiger partial charge in [0.05, 0.1) is 55.9 Å². The molecule has 0 amide bonds. The fourth-order valence-electron chi connectivity index (χ4n) is 17.0. The first kappa shape index (κ1) is 74.9. The average molecular weight is 1380 g/mol. The van der Waals surface area contributed by atoms with Crippen molar-refractivity contribution >= 4 is 16.2 Å². The molecule has 0 spiro atoms. The number of Topliss-reactive ketones (excluding diaryl/α,β-unsaturated/α-hetero) is 1. The summed E-state index contributed by atoms with van der Waals surface area (Å²) in [5.74, 6) is -0.910. The largest absolute Gasteiger partial charge is 0.397 e. The molecule has 16 N–H and O–H groups in total. The van der Waals surface area contributed by atoms with Crippen molar-refractivity contribution < 1.29 is 155 Å². The number of ketones is 1. The Kier molecular flexibility index (Phi) is 23.3. The Morgan fingerprint density at radius 3 is 1.67 bits per heavy atom. The topological polar surface area (TPSA) is 495 Å². The number of hydrogen-bond acceptors (Lipinski definition) is 31. The van der Waals surface area contributed by atoms with Gasteiger partial charge in [-0.05, 0) is 113 Å². The molecule has 10 aliphatic rings. The molecule has 0 radical (unpaired) electrons. The Hall–Kier alpha value is -1.80. The lowest BCUT2D eigenvalue weighted by molar-refractivity contribution is -0.400. The van der Waals surface area contributed by atoms with E-state index in [1.165, 1.54) is 20.8 Å².